The van der Waals surface area contributed by atoms with Crippen LogP contribution in [0.4, 0.5) is 0 Å². The number of benzene rings is 1. The van der Waals surface area contributed by atoms with Gasteiger partial charge in [0.25, 0.3) is 0 Å². The summed E-state index contributed by atoms with van der Waals surface area (Å²) in [7, 11) is 1.54. The van der Waals surface area contributed by atoms with Crippen LogP contribution in [-0.2, 0) is 0 Å². The van der Waals surface area contributed by atoms with Crippen LogP contribution in [0, 0.1) is 0 Å². The monoisotopic (exact) mass is 246 g/mol. The van der Waals surface area contributed by atoms with E-state index < -0.39 is 5.38 Å². The van der Waals surface area contributed by atoms with Gasteiger partial charge in [-0.25, -0.2) is 0 Å². The molecule has 0 aliphatic carbocycles. The van der Waals surface area contributed by atoms with Gasteiger partial charge in [-0.15, -0.1) is 11.6 Å². The van der Waals surface area contributed by atoms with Gasteiger partial charge in [0.1, 0.15) is 5.75 Å². The number of hydrogen-bond acceptors (Lipinski definition) is 2. The van der Waals surface area contributed by atoms with Gasteiger partial charge in [-0.1, -0.05) is 18.5 Å². The van der Waals surface area contributed by atoms with E-state index in [0.717, 1.165) is 0 Å². The molecule has 0 aliphatic rings. The van der Waals surface area contributed by atoms with Crippen molar-refractivity contribution in [2.24, 2.45) is 0 Å². The van der Waals surface area contributed by atoms with Crippen LogP contribution in [0.3, 0.4) is 0 Å². The minimum Gasteiger partial charge on any atom is -0.497 e. The molecule has 0 amide bonds. The highest BCUT2D eigenvalue weighted by Crippen LogP contribution is 2.24. The van der Waals surface area contributed by atoms with E-state index in [4.69, 9.17) is 27.9 Å². The fourth-order valence-electron chi connectivity index (χ4n) is 1.17. The molecule has 1 aromatic rings. The van der Waals surface area contributed by atoms with Gasteiger partial charge in [0.2, 0.25) is 0 Å². The van der Waals surface area contributed by atoms with E-state index in [-0.39, 0.29) is 5.78 Å². The molecule has 0 saturated heterocycles. The Morgan fingerprint density at radius 2 is 2.20 bits per heavy atom. The highest BCUT2D eigenvalue weighted by atomic mass is 35.5. The molecule has 0 aliphatic heterocycles. The summed E-state index contributed by atoms with van der Waals surface area (Å²) in [5.74, 6) is 0.436. The molecule has 0 fully saturated rings. The van der Waals surface area contributed by atoms with Crippen LogP contribution in [0.15, 0.2) is 18.2 Å². The minimum absolute atomic E-state index is 0.164. The summed E-state index contributed by atoms with van der Waals surface area (Å²) >= 11 is 11.8. The second-order valence-corrected chi connectivity index (χ2v) is 4.02. The second kappa shape index (κ2) is 5.38. The molecule has 0 radical (unpaired) electrons. The lowest BCUT2D eigenvalue weighted by molar-refractivity contribution is 0.0985. The number of Topliss-reactive ketones (excluding diaryl/α,β-unsaturated/α-hetero) is 1. The zero-order chi connectivity index (χ0) is 11.4. The lowest BCUT2D eigenvalue weighted by Crippen LogP contribution is -2.14. The van der Waals surface area contributed by atoms with E-state index in [1.807, 2.05) is 6.92 Å². The smallest absolute Gasteiger partial charge is 0.182 e. The third kappa shape index (κ3) is 2.86. The highest BCUT2D eigenvalue weighted by Gasteiger charge is 2.18. The Morgan fingerprint density at radius 1 is 1.53 bits per heavy atom. The fourth-order valence-corrected chi connectivity index (χ4v) is 1.50. The molecule has 0 bridgehead atoms. The van der Waals surface area contributed by atoms with Crippen molar-refractivity contribution in [3.05, 3.63) is 28.8 Å². The number of methoxy groups -OCH3 is 1. The van der Waals surface area contributed by atoms with Crippen LogP contribution in [-0.4, -0.2) is 18.3 Å². The van der Waals surface area contributed by atoms with Gasteiger partial charge in [0.15, 0.2) is 5.78 Å². The Kier molecular flexibility index (Phi) is 4.43. The number of alkyl halides is 1. The molecule has 0 N–H and O–H groups in total. The number of carbonyl (C=O) groups is 1. The lowest BCUT2D eigenvalue weighted by Gasteiger charge is -2.08. The van der Waals surface area contributed by atoms with Gasteiger partial charge in [0.05, 0.1) is 17.5 Å². The Balaban J connectivity index is 3.07. The van der Waals surface area contributed by atoms with Crippen LogP contribution < -0.4 is 4.74 Å². The number of ketones is 1. The Labute approximate surface area is 99.1 Å². The van der Waals surface area contributed by atoms with Gasteiger partial charge >= 0.3 is 0 Å². The first-order chi connectivity index (χ1) is 7.10. The van der Waals surface area contributed by atoms with Crippen molar-refractivity contribution in [3.8, 4) is 5.75 Å². The number of rotatable bonds is 4. The molecule has 0 aromatic heterocycles. The molecule has 1 atom stereocenters. The number of ether oxygens (including phenoxy) is 1. The molecule has 0 heterocycles. The summed E-state index contributed by atoms with van der Waals surface area (Å²) in [5.41, 5.74) is 0.415. The van der Waals surface area contributed by atoms with Crippen LogP contribution in [0.2, 0.25) is 5.02 Å². The van der Waals surface area contributed by atoms with E-state index >= 15 is 0 Å². The van der Waals surface area contributed by atoms with Crippen molar-refractivity contribution in [1.29, 1.82) is 0 Å². The zero-order valence-corrected chi connectivity index (χ0v) is 10.1. The Morgan fingerprint density at radius 3 is 2.73 bits per heavy atom. The third-order valence-electron chi connectivity index (χ3n) is 2.08. The predicted molar refractivity (Wildman–Crippen MR) is 62.3 cm³/mol. The number of hydrogen-bond donors (Lipinski definition) is 0. The quantitative estimate of drug-likeness (QED) is 0.600. The number of carbonyl (C=O) groups excluding carboxylic acids is 1. The third-order valence-corrected chi connectivity index (χ3v) is 2.92. The SMILES string of the molecule is CCC(Cl)C(=O)c1cc(OC)ccc1Cl. The van der Waals surface area contributed by atoms with E-state index in [1.165, 1.54) is 7.11 Å². The first-order valence-corrected chi connectivity index (χ1v) is 5.43. The number of halogens is 2. The largest absolute Gasteiger partial charge is 0.497 e. The maximum atomic E-state index is 11.8. The molecule has 2 nitrogen and oxygen atoms in total. The highest BCUT2D eigenvalue weighted by molar-refractivity contribution is 6.39. The maximum absolute atomic E-state index is 11.8. The summed E-state index contributed by atoms with van der Waals surface area (Å²) in [5, 5.41) is -0.130. The van der Waals surface area contributed by atoms with Crippen molar-refractivity contribution in [1.82, 2.24) is 0 Å². The van der Waals surface area contributed by atoms with Crippen LogP contribution >= 0.6 is 23.2 Å². The fraction of sp³-hybridized carbons (Fsp3) is 0.364. The first-order valence-electron chi connectivity index (χ1n) is 4.62. The maximum Gasteiger partial charge on any atom is 0.182 e. The van der Waals surface area contributed by atoms with E-state index in [9.17, 15) is 4.79 Å². The van der Waals surface area contributed by atoms with Gasteiger partial charge in [-0.05, 0) is 24.6 Å². The average Bonchev–Trinajstić information content (AvgIpc) is 2.27. The van der Waals surface area contributed by atoms with Crippen molar-refractivity contribution in [2.75, 3.05) is 7.11 Å². The molecule has 0 saturated carbocycles. The molecule has 82 valence electrons. The standard InChI is InChI=1S/C11H12Cl2O2/c1-3-9(12)11(14)8-6-7(15-2)4-5-10(8)13/h4-6,9H,3H2,1-2H3. The van der Waals surface area contributed by atoms with Gasteiger partial charge in [-0.3, -0.25) is 4.79 Å². The van der Waals surface area contributed by atoms with E-state index in [2.05, 4.69) is 0 Å². The predicted octanol–water partition coefficient (Wildman–Crippen LogP) is 3.55. The molecule has 0 spiro atoms. The summed E-state index contributed by atoms with van der Waals surface area (Å²) in [4.78, 5) is 11.8. The molecule has 15 heavy (non-hydrogen) atoms. The van der Waals surface area contributed by atoms with E-state index in [0.29, 0.717) is 22.8 Å². The van der Waals surface area contributed by atoms with Crippen LogP contribution in [0.25, 0.3) is 0 Å². The normalized spacial score (nSPS) is 12.3. The van der Waals surface area contributed by atoms with Crippen molar-refractivity contribution in [3.63, 3.8) is 0 Å². The van der Waals surface area contributed by atoms with Crippen LogP contribution in [0.1, 0.15) is 23.7 Å². The topological polar surface area (TPSA) is 26.3 Å². The summed E-state index contributed by atoms with van der Waals surface area (Å²) in [6, 6.07) is 4.94. The van der Waals surface area contributed by atoms with Crippen molar-refractivity contribution >= 4 is 29.0 Å². The summed E-state index contributed by atoms with van der Waals surface area (Å²) in [6.07, 6.45) is 0.577. The molecule has 1 unspecified atom stereocenters. The minimum atomic E-state index is -0.533. The van der Waals surface area contributed by atoms with Crippen molar-refractivity contribution in [2.45, 2.75) is 18.7 Å². The Hall–Kier alpha value is -0.730. The van der Waals surface area contributed by atoms with Gasteiger partial charge < -0.3 is 4.74 Å². The second-order valence-electron chi connectivity index (χ2n) is 3.09. The molecular formula is C11H12Cl2O2. The Bertz CT molecular complexity index is 364. The van der Waals surface area contributed by atoms with Gasteiger partial charge in [0, 0.05) is 5.56 Å². The van der Waals surface area contributed by atoms with Crippen LogP contribution in [0.5, 0.6) is 5.75 Å². The average molecular weight is 247 g/mol. The molecule has 1 aromatic carbocycles. The zero-order valence-electron chi connectivity index (χ0n) is 8.59. The molecule has 1 rings (SSSR count). The van der Waals surface area contributed by atoms with E-state index in [1.54, 1.807) is 18.2 Å². The van der Waals surface area contributed by atoms with Crippen molar-refractivity contribution < 1.29 is 9.53 Å². The summed E-state index contributed by atoms with van der Waals surface area (Å²) in [6.45, 7) is 1.85. The first kappa shape index (κ1) is 12.3. The molecular weight excluding hydrogens is 235 g/mol. The molecule has 4 heteroatoms. The lowest BCUT2D eigenvalue weighted by atomic mass is 10.1. The summed E-state index contributed by atoms with van der Waals surface area (Å²) < 4.78 is 5.02. The van der Waals surface area contributed by atoms with Gasteiger partial charge in [-0.2, -0.15) is 0 Å².